The van der Waals surface area contributed by atoms with Crippen LogP contribution in [0.1, 0.15) is 0 Å². The van der Waals surface area contributed by atoms with Gasteiger partial charge in [0.25, 0.3) is 0 Å². The fourth-order valence-electron chi connectivity index (χ4n) is 0.515. The Morgan fingerprint density at radius 2 is 2.44 bits per heavy atom. The molecule has 0 aliphatic carbocycles. The molecule has 0 radical (unpaired) electrons. The van der Waals surface area contributed by atoms with Crippen LogP contribution in [0.25, 0.3) is 0 Å². The minimum atomic E-state index is -0.940. The van der Waals surface area contributed by atoms with Gasteiger partial charge in [0.2, 0.25) is 0 Å². The molecule has 1 aromatic heterocycles. The Kier molecular flexibility index (Phi) is 1.75. The lowest BCUT2D eigenvalue weighted by molar-refractivity contribution is 0.195. The zero-order chi connectivity index (χ0) is 6.85. The number of halogens is 1. The highest BCUT2D eigenvalue weighted by atomic mass is 127. The highest BCUT2D eigenvalue weighted by Gasteiger charge is 2.01. The van der Waals surface area contributed by atoms with Gasteiger partial charge in [-0.05, 0) is 34.7 Å². The van der Waals surface area contributed by atoms with E-state index in [1.54, 1.807) is 12.1 Å². The maximum atomic E-state index is 10.2. The molecule has 9 heavy (non-hydrogen) atoms. The summed E-state index contributed by atoms with van der Waals surface area (Å²) in [4.78, 5) is 10.2. The van der Waals surface area contributed by atoms with Gasteiger partial charge in [0, 0.05) is 6.20 Å². The zero-order valence-electron chi connectivity index (χ0n) is 4.41. The molecule has 1 heterocycles. The molecule has 48 valence electrons. The summed E-state index contributed by atoms with van der Waals surface area (Å²) in [7, 11) is 0. The van der Waals surface area contributed by atoms with Gasteiger partial charge in [0.15, 0.2) is 0 Å². The lowest BCUT2D eigenvalue weighted by Gasteiger charge is -1.92. The summed E-state index contributed by atoms with van der Waals surface area (Å²) in [5.74, 6) is 0. The maximum Gasteiger partial charge on any atom is 0.416 e. The summed E-state index contributed by atoms with van der Waals surface area (Å²) in [6.07, 6.45) is 0.564. The van der Waals surface area contributed by atoms with Crippen molar-refractivity contribution in [2.45, 2.75) is 0 Å². The summed E-state index contributed by atoms with van der Waals surface area (Å²) >= 11 is 1.95. The average Bonchev–Trinajstić information content (AvgIpc) is 2.13. The second kappa shape index (κ2) is 2.38. The Morgan fingerprint density at radius 3 is 2.67 bits per heavy atom. The summed E-state index contributed by atoms with van der Waals surface area (Å²) < 4.78 is 1.86. The number of carbonyl (C=O) groups is 1. The molecule has 0 saturated carbocycles. The van der Waals surface area contributed by atoms with Crippen molar-refractivity contribution in [2.75, 3.05) is 0 Å². The molecule has 0 bridgehead atoms. The van der Waals surface area contributed by atoms with E-state index >= 15 is 0 Å². The summed E-state index contributed by atoms with van der Waals surface area (Å²) in [5, 5.41) is 8.41. The third-order valence-electron chi connectivity index (χ3n) is 0.905. The largest absolute Gasteiger partial charge is 0.464 e. The van der Waals surface area contributed by atoms with E-state index < -0.39 is 6.09 Å². The number of rotatable bonds is 0. The molecular weight excluding hydrogens is 233 g/mol. The Bertz CT molecular complexity index is 231. The van der Waals surface area contributed by atoms with Crippen LogP contribution in [0.15, 0.2) is 18.3 Å². The SMILES string of the molecule is O=C(O)n1cccc1I. The van der Waals surface area contributed by atoms with Crippen LogP contribution in [0, 0.1) is 3.70 Å². The number of hydrogen-bond acceptors (Lipinski definition) is 1. The van der Waals surface area contributed by atoms with Crippen LogP contribution < -0.4 is 0 Å². The molecular formula is C5H4INO2. The Labute approximate surface area is 65.4 Å². The molecule has 1 rings (SSSR count). The quantitative estimate of drug-likeness (QED) is 0.696. The van der Waals surface area contributed by atoms with Crippen molar-refractivity contribution in [3.8, 4) is 0 Å². The smallest absolute Gasteiger partial charge is 0.416 e. The Hall–Kier alpha value is -0.520. The topological polar surface area (TPSA) is 42.2 Å². The van der Waals surface area contributed by atoms with Crippen molar-refractivity contribution in [1.29, 1.82) is 0 Å². The van der Waals surface area contributed by atoms with Crippen molar-refractivity contribution >= 4 is 28.7 Å². The van der Waals surface area contributed by atoms with Gasteiger partial charge in [0.05, 0.1) is 3.70 Å². The molecule has 0 saturated heterocycles. The van der Waals surface area contributed by atoms with Gasteiger partial charge < -0.3 is 5.11 Å². The molecule has 1 N–H and O–H groups in total. The number of aromatic nitrogens is 1. The van der Waals surface area contributed by atoms with Crippen molar-refractivity contribution in [3.05, 3.63) is 22.0 Å². The molecule has 0 fully saturated rings. The average molecular weight is 237 g/mol. The van der Waals surface area contributed by atoms with Gasteiger partial charge >= 0.3 is 6.09 Å². The molecule has 4 heteroatoms. The van der Waals surface area contributed by atoms with Crippen LogP contribution in [-0.2, 0) is 0 Å². The molecule has 0 unspecified atom stereocenters. The third-order valence-corrected chi connectivity index (χ3v) is 1.78. The van der Waals surface area contributed by atoms with E-state index in [0.717, 1.165) is 4.57 Å². The lowest BCUT2D eigenvalue weighted by atomic mass is 10.7. The first-order valence-electron chi connectivity index (χ1n) is 2.28. The first kappa shape index (κ1) is 6.60. The normalized spacial score (nSPS) is 9.44. The second-order valence-electron chi connectivity index (χ2n) is 1.48. The van der Waals surface area contributed by atoms with Crippen molar-refractivity contribution in [1.82, 2.24) is 4.57 Å². The molecule has 0 aliphatic heterocycles. The van der Waals surface area contributed by atoms with Crippen LogP contribution in [0.3, 0.4) is 0 Å². The van der Waals surface area contributed by atoms with Gasteiger partial charge in [0.1, 0.15) is 0 Å². The summed E-state index contributed by atoms with van der Waals surface area (Å²) in [6.45, 7) is 0. The minimum absolute atomic E-state index is 0.708. The number of nitrogens with zero attached hydrogens (tertiary/aromatic N) is 1. The summed E-state index contributed by atoms with van der Waals surface area (Å²) in [6, 6.07) is 3.42. The van der Waals surface area contributed by atoms with Crippen LogP contribution in [0.2, 0.25) is 0 Å². The predicted molar refractivity (Wildman–Crippen MR) is 40.6 cm³/mol. The molecule has 0 aliphatic rings. The molecule has 0 spiro atoms. The standard InChI is InChI=1S/C5H4INO2/c6-4-2-1-3-7(4)5(8)9/h1-3H,(H,8,9). The zero-order valence-corrected chi connectivity index (χ0v) is 6.57. The van der Waals surface area contributed by atoms with Gasteiger partial charge in [-0.1, -0.05) is 0 Å². The Balaban J connectivity index is 3.08. The maximum absolute atomic E-state index is 10.2. The molecule has 1 aromatic rings. The first-order valence-corrected chi connectivity index (χ1v) is 3.36. The van der Waals surface area contributed by atoms with Gasteiger partial charge in [-0.2, -0.15) is 0 Å². The molecule has 0 atom stereocenters. The van der Waals surface area contributed by atoms with E-state index in [-0.39, 0.29) is 0 Å². The molecule has 3 nitrogen and oxygen atoms in total. The van der Waals surface area contributed by atoms with Crippen LogP contribution in [-0.4, -0.2) is 15.8 Å². The number of carboxylic acid groups (broad SMARTS) is 1. The van der Waals surface area contributed by atoms with E-state index in [2.05, 4.69) is 0 Å². The third kappa shape index (κ3) is 1.24. The predicted octanol–water partition coefficient (Wildman–Crippen LogP) is 1.62. The molecule has 0 aromatic carbocycles. The van der Waals surface area contributed by atoms with Gasteiger partial charge in [-0.25, -0.2) is 9.36 Å². The van der Waals surface area contributed by atoms with Gasteiger partial charge in [-0.3, -0.25) is 0 Å². The van der Waals surface area contributed by atoms with Crippen molar-refractivity contribution in [2.24, 2.45) is 0 Å². The monoisotopic (exact) mass is 237 g/mol. The van der Waals surface area contributed by atoms with E-state index in [1.807, 2.05) is 22.6 Å². The number of hydrogen-bond donors (Lipinski definition) is 1. The highest BCUT2D eigenvalue weighted by Crippen LogP contribution is 2.03. The van der Waals surface area contributed by atoms with Gasteiger partial charge in [-0.15, -0.1) is 0 Å². The highest BCUT2D eigenvalue weighted by molar-refractivity contribution is 14.1. The fraction of sp³-hybridized carbons (Fsp3) is 0. The molecule has 0 amide bonds. The summed E-state index contributed by atoms with van der Waals surface area (Å²) in [5.41, 5.74) is 0. The Morgan fingerprint density at radius 1 is 1.78 bits per heavy atom. The van der Waals surface area contributed by atoms with Crippen molar-refractivity contribution < 1.29 is 9.90 Å². The van der Waals surface area contributed by atoms with Crippen LogP contribution in [0.4, 0.5) is 4.79 Å². The van der Waals surface area contributed by atoms with E-state index in [9.17, 15) is 4.79 Å². The minimum Gasteiger partial charge on any atom is -0.464 e. The lowest BCUT2D eigenvalue weighted by Crippen LogP contribution is -2.07. The van der Waals surface area contributed by atoms with Crippen molar-refractivity contribution in [3.63, 3.8) is 0 Å². The second-order valence-corrected chi connectivity index (χ2v) is 2.59. The van der Waals surface area contributed by atoms with E-state index in [1.165, 1.54) is 6.20 Å². The van der Waals surface area contributed by atoms with E-state index in [0.29, 0.717) is 3.70 Å². The fourth-order valence-corrected chi connectivity index (χ4v) is 1.09. The van der Waals surface area contributed by atoms with Crippen LogP contribution in [0.5, 0.6) is 0 Å². The van der Waals surface area contributed by atoms with E-state index in [4.69, 9.17) is 5.11 Å². The first-order chi connectivity index (χ1) is 4.22. The van der Waals surface area contributed by atoms with Crippen LogP contribution >= 0.6 is 22.6 Å².